The summed E-state index contributed by atoms with van der Waals surface area (Å²) in [6.07, 6.45) is 4.28. The first-order valence-corrected chi connectivity index (χ1v) is 4.41. The fourth-order valence-electron chi connectivity index (χ4n) is 2.15. The predicted molar refractivity (Wildman–Crippen MR) is 45.4 cm³/mol. The lowest BCUT2D eigenvalue weighted by molar-refractivity contribution is 0.0472. The summed E-state index contributed by atoms with van der Waals surface area (Å²) >= 11 is 0. The van der Waals surface area contributed by atoms with Crippen LogP contribution in [-0.2, 0) is 9.53 Å². The van der Waals surface area contributed by atoms with Crippen molar-refractivity contribution in [3.05, 3.63) is 17.2 Å². The van der Waals surface area contributed by atoms with E-state index in [1.165, 1.54) is 5.57 Å². The summed E-state index contributed by atoms with van der Waals surface area (Å²) in [5.41, 5.74) is 2.17. The minimum absolute atomic E-state index is 0.256. The highest BCUT2D eigenvalue weighted by molar-refractivity contribution is 5.62. The van der Waals surface area contributed by atoms with Crippen LogP contribution in [0.3, 0.4) is 0 Å². The number of hydrogen-bond donors (Lipinski definition) is 0. The van der Waals surface area contributed by atoms with Crippen LogP contribution in [0.15, 0.2) is 17.2 Å². The molecule has 0 amide bonds. The Hall–Kier alpha value is -0.850. The van der Waals surface area contributed by atoms with E-state index in [0.29, 0.717) is 5.92 Å². The Kier molecular flexibility index (Phi) is 1.87. The van der Waals surface area contributed by atoms with Crippen molar-refractivity contribution < 1.29 is 9.53 Å². The second kappa shape index (κ2) is 2.89. The first-order chi connectivity index (χ1) is 5.85. The number of hydrogen-bond acceptors (Lipinski definition) is 2. The van der Waals surface area contributed by atoms with E-state index in [9.17, 15) is 4.79 Å². The Morgan fingerprint density at radius 2 is 2.50 bits per heavy atom. The monoisotopic (exact) mass is 164 g/mol. The molecule has 2 bridgehead atoms. The van der Waals surface area contributed by atoms with Gasteiger partial charge in [-0.3, -0.25) is 0 Å². The van der Waals surface area contributed by atoms with E-state index in [2.05, 4.69) is 0 Å². The average Bonchev–Trinajstić information content (AvgIpc) is 2.62. The minimum atomic E-state index is 0.256. The van der Waals surface area contributed by atoms with Gasteiger partial charge < -0.3 is 4.74 Å². The summed E-state index contributed by atoms with van der Waals surface area (Å²) in [7, 11) is 0. The molecule has 2 aliphatic rings. The van der Waals surface area contributed by atoms with E-state index >= 15 is 0 Å². The van der Waals surface area contributed by atoms with Crippen LogP contribution in [0.25, 0.3) is 0 Å². The van der Waals surface area contributed by atoms with Crippen molar-refractivity contribution in [2.45, 2.75) is 25.9 Å². The smallest absolute Gasteiger partial charge is 0.128 e. The molecule has 2 nitrogen and oxygen atoms in total. The third-order valence-electron chi connectivity index (χ3n) is 2.65. The lowest BCUT2D eigenvalue weighted by Gasteiger charge is -2.18. The molecule has 64 valence electrons. The minimum Gasteiger partial charge on any atom is -0.378 e. The molecule has 0 aromatic heterocycles. The van der Waals surface area contributed by atoms with Gasteiger partial charge in [-0.05, 0) is 25.8 Å². The van der Waals surface area contributed by atoms with Crippen molar-refractivity contribution in [1.82, 2.24) is 0 Å². The highest BCUT2D eigenvalue weighted by atomic mass is 16.5. The van der Waals surface area contributed by atoms with Gasteiger partial charge in [0.05, 0.1) is 6.10 Å². The predicted octanol–water partition coefficient (Wildman–Crippen LogP) is 1.50. The Morgan fingerprint density at radius 1 is 1.67 bits per heavy atom. The maximum atomic E-state index is 10.5. The summed E-state index contributed by atoms with van der Waals surface area (Å²) in [6, 6.07) is 0. The molecule has 1 fully saturated rings. The highest BCUT2D eigenvalue weighted by Crippen LogP contribution is 2.43. The van der Waals surface area contributed by atoms with Gasteiger partial charge in [0.2, 0.25) is 0 Å². The molecule has 2 atom stereocenters. The molecule has 2 rings (SSSR count). The fraction of sp³-hybridized carbons (Fsp3) is 0.600. The lowest BCUT2D eigenvalue weighted by Crippen LogP contribution is -2.20. The number of allylic oxidation sites excluding steroid dienone is 1. The van der Waals surface area contributed by atoms with E-state index in [4.69, 9.17) is 4.74 Å². The van der Waals surface area contributed by atoms with E-state index in [0.717, 1.165) is 25.0 Å². The first-order valence-electron chi connectivity index (χ1n) is 4.41. The highest BCUT2D eigenvalue weighted by Gasteiger charge is 2.38. The number of rotatable bonds is 2. The molecule has 2 unspecified atom stereocenters. The topological polar surface area (TPSA) is 26.3 Å². The van der Waals surface area contributed by atoms with Crippen molar-refractivity contribution in [1.29, 1.82) is 0 Å². The van der Waals surface area contributed by atoms with Gasteiger partial charge in [0.15, 0.2) is 0 Å². The van der Waals surface area contributed by atoms with Crippen LogP contribution < -0.4 is 0 Å². The molecule has 0 aromatic rings. The molecule has 0 aromatic carbocycles. The second-order valence-electron chi connectivity index (χ2n) is 3.37. The summed E-state index contributed by atoms with van der Waals surface area (Å²) in [5.74, 6) is 2.31. The van der Waals surface area contributed by atoms with Crippen LogP contribution in [0.1, 0.15) is 19.8 Å². The molecule has 1 saturated carbocycles. The van der Waals surface area contributed by atoms with Crippen molar-refractivity contribution >= 4 is 5.94 Å². The largest absolute Gasteiger partial charge is 0.378 e. The van der Waals surface area contributed by atoms with Gasteiger partial charge in [-0.2, -0.15) is 0 Å². The Balaban J connectivity index is 2.18. The van der Waals surface area contributed by atoms with Crippen molar-refractivity contribution in [3.8, 4) is 0 Å². The van der Waals surface area contributed by atoms with E-state index in [1.807, 2.05) is 18.9 Å². The molecular formula is C10H12O2. The van der Waals surface area contributed by atoms with Crippen LogP contribution >= 0.6 is 0 Å². The molecule has 2 heteroatoms. The Morgan fingerprint density at radius 3 is 3.08 bits per heavy atom. The van der Waals surface area contributed by atoms with Gasteiger partial charge in [0, 0.05) is 18.1 Å². The van der Waals surface area contributed by atoms with Crippen molar-refractivity contribution in [3.63, 3.8) is 0 Å². The molecular weight excluding hydrogens is 152 g/mol. The number of carbonyl (C=O) groups excluding carboxylic acids is 1. The van der Waals surface area contributed by atoms with Crippen LogP contribution in [0.4, 0.5) is 0 Å². The maximum absolute atomic E-state index is 10.5. The van der Waals surface area contributed by atoms with Gasteiger partial charge >= 0.3 is 0 Å². The maximum Gasteiger partial charge on any atom is 0.128 e. The molecule has 0 aliphatic heterocycles. The first kappa shape index (κ1) is 7.78. The number of fused-ring (bicyclic) bond motifs is 2. The van der Waals surface area contributed by atoms with Crippen LogP contribution in [0.5, 0.6) is 0 Å². The Bertz CT molecular complexity index is 272. The molecule has 0 spiro atoms. The third-order valence-corrected chi connectivity index (χ3v) is 2.65. The molecule has 2 aliphatic carbocycles. The second-order valence-corrected chi connectivity index (χ2v) is 3.37. The zero-order chi connectivity index (χ0) is 8.55. The van der Waals surface area contributed by atoms with Crippen LogP contribution in [0.2, 0.25) is 0 Å². The normalized spacial score (nSPS) is 32.1. The van der Waals surface area contributed by atoms with Gasteiger partial charge in [-0.1, -0.05) is 5.57 Å². The van der Waals surface area contributed by atoms with Gasteiger partial charge in [0.1, 0.15) is 5.94 Å². The Labute approximate surface area is 71.9 Å². The molecule has 0 saturated heterocycles. The van der Waals surface area contributed by atoms with Crippen LogP contribution in [0, 0.1) is 5.92 Å². The summed E-state index contributed by atoms with van der Waals surface area (Å²) in [5, 5.41) is 0. The summed E-state index contributed by atoms with van der Waals surface area (Å²) in [4.78, 5) is 10.5. The van der Waals surface area contributed by atoms with Crippen molar-refractivity contribution in [2.75, 3.05) is 6.61 Å². The lowest BCUT2D eigenvalue weighted by atomic mass is 9.98. The molecule has 0 N–H and O–H groups in total. The quantitative estimate of drug-likeness (QED) is 0.578. The van der Waals surface area contributed by atoms with Gasteiger partial charge in [-0.25, -0.2) is 4.79 Å². The molecule has 0 radical (unpaired) electrons. The zero-order valence-electron chi connectivity index (χ0n) is 7.17. The zero-order valence-corrected chi connectivity index (χ0v) is 7.17. The van der Waals surface area contributed by atoms with E-state index in [1.54, 1.807) is 0 Å². The third kappa shape index (κ3) is 1.04. The average molecular weight is 164 g/mol. The van der Waals surface area contributed by atoms with Gasteiger partial charge in [0.25, 0.3) is 0 Å². The number of ether oxygens (including phenoxy) is 1. The van der Waals surface area contributed by atoms with E-state index in [-0.39, 0.29) is 6.10 Å². The fourth-order valence-corrected chi connectivity index (χ4v) is 2.15. The molecule has 12 heavy (non-hydrogen) atoms. The van der Waals surface area contributed by atoms with Crippen LogP contribution in [-0.4, -0.2) is 18.7 Å². The van der Waals surface area contributed by atoms with Crippen molar-refractivity contribution in [2.24, 2.45) is 5.92 Å². The summed E-state index contributed by atoms with van der Waals surface area (Å²) in [6.45, 7) is 2.73. The van der Waals surface area contributed by atoms with Gasteiger partial charge in [-0.15, -0.1) is 0 Å². The molecule has 0 heterocycles. The standard InChI is InChI=1S/C10H12O2/c1-2-12-10-5-7-3-8(6-11)9(10)4-7/h3,9-10H,2,4-5H2,1H3. The van der Waals surface area contributed by atoms with E-state index < -0.39 is 0 Å². The summed E-state index contributed by atoms with van der Waals surface area (Å²) < 4.78 is 5.53. The SMILES string of the molecule is CCOC1CC2=CC(=C=O)C1C2.